The van der Waals surface area contributed by atoms with Crippen molar-refractivity contribution in [2.45, 2.75) is 19.9 Å². The molecule has 2 aromatic rings. The van der Waals surface area contributed by atoms with E-state index in [0.717, 1.165) is 12.0 Å². The van der Waals surface area contributed by atoms with Crippen LogP contribution in [0.15, 0.2) is 42.5 Å². The minimum absolute atomic E-state index is 0.257. The number of hydrogen-bond acceptors (Lipinski definition) is 2. The fourth-order valence-electron chi connectivity index (χ4n) is 1.94. The van der Waals surface area contributed by atoms with Gasteiger partial charge < -0.3 is 11.1 Å². The van der Waals surface area contributed by atoms with Gasteiger partial charge in [-0.15, -0.1) is 0 Å². The van der Waals surface area contributed by atoms with E-state index >= 15 is 0 Å². The molecule has 3 nitrogen and oxygen atoms in total. The van der Waals surface area contributed by atoms with Crippen molar-refractivity contribution in [3.63, 3.8) is 0 Å². The van der Waals surface area contributed by atoms with E-state index < -0.39 is 0 Å². The van der Waals surface area contributed by atoms with E-state index in [-0.39, 0.29) is 5.91 Å². The van der Waals surface area contributed by atoms with Crippen molar-refractivity contribution >= 4 is 23.2 Å². The summed E-state index contributed by atoms with van der Waals surface area (Å²) in [6, 6.07) is 13.2. The molecule has 0 radical (unpaired) electrons. The van der Waals surface area contributed by atoms with Gasteiger partial charge in [-0.25, -0.2) is 0 Å². The highest BCUT2D eigenvalue weighted by molar-refractivity contribution is 6.34. The number of amides is 1. The van der Waals surface area contributed by atoms with Gasteiger partial charge >= 0.3 is 0 Å². The molecule has 0 unspecified atom stereocenters. The summed E-state index contributed by atoms with van der Waals surface area (Å²) in [5, 5.41) is 3.20. The topological polar surface area (TPSA) is 55.1 Å². The number of nitrogen functional groups attached to an aromatic ring is 1. The predicted octanol–water partition coefficient (Wildman–Crippen LogP) is 3.41. The zero-order chi connectivity index (χ0) is 14.5. The Morgan fingerprint density at radius 2 is 1.80 bits per heavy atom. The van der Waals surface area contributed by atoms with Crippen molar-refractivity contribution < 1.29 is 4.79 Å². The summed E-state index contributed by atoms with van der Waals surface area (Å²) in [7, 11) is 0. The van der Waals surface area contributed by atoms with Crippen LogP contribution in [0.1, 0.15) is 28.4 Å². The van der Waals surface area contributed by atoms with Crippen molar-refractivity contribution in [2.75, 3.05) is 5.73 Å². The van der Waals surface area contributed by atoms with Crippen LogP contribution in [-0.2, 0) is 13.0 Å². The molecule has 0 saturated heterocycles. The Hall–Kier alpha value is -2.00. The molecule has 0 bridgehead atoms. The number of nitrogens with one attached hydrogen (secondary N) is 1. The molecule has 20 heavy (non-hydrogen) atoms. The third-order valence-electron chi connectivity index (χ3n) is 3.16. The van der Waals surface area contributed by atoms with Crippen molar-refractivity contribution in [1.82, 2.24) is 5.32 Å². The summed E-state index contributed by atoms with van der Waals surface area (Å²) < 4.78 is 0. The molecule has 0 spiro atoms. The lowest BCUT2D eigenvalue weighted by atomic mass is 10.1. The van der Waals surface area contributed by atoms with Crippen LogP contribution in [0.4, 0.5) is 5.69 Å². The molecule has 0 fully saturated rings. The summed E-state index contributed by atoms with van der Waals surface area (Å²) in [5.41, 5.74) is 8.82. The van der Waals surface area contributed by atoms with Gasteiger partial charge in [0.25, 0.3) is 5.91 Å². The number of anilines is 1. The van der Waals surface area contributed by atoms with E-state index in [4.69, 9.17) is 17.3 Å². The Balaban J connectivity index is 2.05. The zero-order valence-corrected chi connectivity index (χ0v) is 12.1. The third-order valence-corrected chi connectivity index (χ3v) is 3.47. The number of halogens is 1. The lowest BCUT2D eigenvalue weighted by molar-refractivity contribution is 0.0952. The van der Waals surface area contributed by atoms with E-state index in [1.54, 1.807) is 18.2 Å². The Kier molecular flexibility index (Phi) is 4.64. The first kappa shape index (κ1) is 14.4. The predicted molar refractivity (Wildman–Crippen MR) is 82.9 cm³/mol. The van der Waals surface area contributed by atoms with E-state index in [2.05, 4.69) is 24.4 Å². The van der Waals surface area contributed by atoms with Crippen LogP contribution in [0.3, 0.4) is 0 Å². The van der Waals surface area contributed by atoms with Crippen molar-refractivity contribution in [3.05, 3.63) is 64.2 Å². The highest BCUT2D eigenvalue weighted by atomic mass is 35.5. The molecule has 4 heteroatoms. The Morgan fingerprint density at radius 1 is 1.15 bits per heavy atom. The summed E-state index contributed by atoms with van der Waals surface area (Å²) in [5.74, 6) is -0.257. The van der Waals surface area contributed by atoms with Crippen molar-refractivity contribution in [2.24, 2.45) is 0 Å². The number of nitrogens with two attached hydrogens (primary N) is 1. The van der Waals surface area contributed by atoms with Crippen LogP contribution in [0.5, 0.6) is 0 Å². The van der Waals surface area contributed by atoms with Gasteiger partial charge in [0.15, 0.2) is 0 Å². The summed E-state index contributed by atoms with van der Waals surface area (Å²) in [6.07, 6.45) is 1.00. The van der Waals surface area contributed by atoms with E-state index in [9.17, 15) is 4.79 Å². The zero-order valence-electron chi connectivity index (χ0n) is 11.3. The Labute approximate surface area is 123 Å². The molecule has 0 heterocycles. The van der Waals surface area contributed by atoms with Crippen LogP contribution in [-0.4, -0.2) is 5.91 Å². The fourth-order valence-corrected chi connectivity index (χ4v) is 2.21. The molecule has 0 aliphatic carbocycles. The Bertz CT molecular complexity index is 588. The van der Waals surface area contributed by atoms with Gasteiger partial charge in [0.05, 0.1) is 10.6 Å². The lowest BCUT2D eigenvalue weighted by Crippen LogP contribution is -2.24. The smallest absolute Gasteiger partial charge is 0.255 e. The summed E-state index contributed by atoms with van der Waals surface area (Å²) in [6.45, 7) is 2.56. The molecule has 2 rings (SSSR count). The first-order chi connectivity index (χ1) is 9.61. The molecule has 0 atom stereocenters. The molecule has 2 aromatic carbocycles. The van der Waals surface area contributed by atoms with Gasteiger partial charge in [-0.1, -0.05) is 48.9 Å². The van der Waals surface area contributed by atoms with Crippen LogP contribution in [0, 0.1) is 0 Å². The van der Waals surface area contributed by atoms with Crippen LogP contribution in [0.25, 0.3) is 0 Å². The normalized spacial score (nSPS) is 10.3. The molecule has 1 amide bonds. The first-order valence-corrected chi connectivity index (χ1v) is 6.89. The molecule has 0 saturated carbocycles. The maximum Gasteiger partial charge on any atom is 0.255 e. The molecule has 0 aromatic heterocycles. The number of aryl methyl sites for hydroxylation is 1. The van der Waals surface area contributed by atoms with Gasteiger partial charge in [-0.3, -0.25) is 4.79 Å². The molecular formula is C16H17ClN2O. The highest BCUT2D eigenvalue weighted by Gasteiger charge is 2.13. The maximum atomic E-state index is 12.1. The summed E-state index contributed by atoms with van der Waals surface area (Å²) >= 11 is 6.00. The molecule has 104 valence electrons. The standard InChI is InChI=1S/C16H17ClN2O/c1-2-11-6-8-12(9-7-11)10-19-16(20)15-13(17)4-3-5-14(15)18/h3-9H,2,10,18H2,1H3,(H,19,20). The second kappa shape index (κ2) is 6.44. The fraction of sp³-hybridized carbons (Fsp3) is 0.188. The second-order valence-corrected chi connectivity index (χ2v) is 4.96. The number of rotatable bonds is 4. The van der Waals surface area contributed by atoms with Crippen LogP contribution < -0.4 is 11.1 Å². The van der Waals surface area contributed by atoms with Gasteiger partial charge in [-0.2, -0.15) is 0 Å². The number of carbonyl (C=O) groups excluding carboxylic acids is 1. The molecule has 3 N–H and O–H groups in total. The average molecular weight is 289 g/mol. The van der Waals surface area contributed by atoms with Crippen molar-refractivity contribution in [3.8, 4) is 0 Å². The highest BCUT2D eigenvalue weighted by Crippen LogP contribution is 2.21. The molecular weight excluding hydrogens is 272 g/mol. The maximum absolute atomic E-state index is 12.1. The largest absolute Gasteiger partial charge is 0.398 e. The number of hydrogen-bond donors (Lipinski definition) is 2. The average Bonchev–Trinajstić information content (AvgIpc) is 2.45. The minimum atomic E-state index is -0.257. The second-order valence-electron chi connectivity index (χ2n) is 4.56. The molecule has 0 aliphatic rings. The van der Waals surface area contributed by atoms with Gasteiger partial charge in [0.2, 0.25) is 0 Å². The van der Waals surface area contributed by atoms with E-state index in [1.165, 1.54) is 5.56 Å². The van der Waals surface area contributed by atoms with Gasteiger partial charge in [-0.05, 0) is 29.7 Å². The number of benzene rings is 2. The third kappa shape index (κ3) is 3.31. The monoisotopic (exact) mass is 288 g/mol. The Morgan fingerprint density at radius 3 is 2.40 bits per heavy atom. The van der Waals surface area contributed by atoms with Crippen LogP contribution >= 0.6 is 11.6 Å². The van der Waals surface area contributed by atoms with Gasteiger partial charge in [0.1, 0.15) is 0 Å². The SMILES string of the molecule is CCc1ccc(CNC(=O)c2c(N)cccc2Cl)cc1. The lowest BCUT2D eigenvalue weighted by Gasteiger charge is -2.09. The van der Waals surface area contributed by atoms with Crippen LogP contribution in [0.2, 0.25) is 5.02 Å². The summed E-state index contributed by atoms with van der Waals surface area (Å²) in [4.78, 5) is 12.1. The first-order valence-electron chi connectivity index (χ1n) is 6.51. The quantitative estimate of drug-likeness (QED) is 0.847. The minimum Gasteiger partial charge on any atom is -0.398 e. The van der Waals surface area contributed by atoms with Crippen molar-refractivity contribution in [1.29, 1.82) is 0 Å². The van der Waals surface area contributed by atoms with E-state index in [0.29, 0.717) is 22.8 Å². The number of carbonyl (C=O) groups is 1. The van der Waals surface area contributed by atoms with Gasteiger partial charge in [0, 0.05) is 12.2 Å². The molecule has 0 aliphatic heterocycles. The van der Waals surface area contributed by atoms with E-state index in [1.807, 2.05) is 12.1 Å².